The molecular weight excluding hydrogens is 332 g/mol. The molecule has 0 fully saturated rings. The van der Waals surface area contributed by atoms with Crippen LogP contribution in [0.3, 0.4) is 0 Å². The molecule has 7 heteroatoms. The van der Waals surface area contributed by atoms with Gasteiger partial charge in [0, 0.05) is 4.88 Å². The van der Waals surface area contributed by atoms with Crippen molar-refractivity contribution in [2.45, 2.75) is 25.2 Å². The summed E-state index contributed by atoms with van der Waals surface area (Å²) in [5.41, 5.74) is 0.830. The van der Waals surface area contributed by atoms with E-state index < -0.39 is 10.8 Å². The topological polar surface area (TPSA) is 61.2 Å². The monoisotopic (exact) mass is 344 g/mol. The molecule has 2 rings (SSSR count). The van der Waals surface area contributed by atoms with Crippen molar-refractivity contribution in [1.82, 2.24) is 9.55 Å². The van der Waals surface area contributed by atoms with Crippen LogP contribution in [0.5, 0.6) is 0 Å². The van der Waals surface area contributed by atoms with Crippen molar-refractivity contribution in [2.24, 2.45) is 0 Å². The van der Waals surface area contributed by atoms with E-state index in [1.807, 2.05) is 13.8 Å². The molecule has 0 radical (unpaired) electrons. The summed E-state index contributed by atoms with van der Waals surface area (Å²) in [5.74, 6) is -0.412. The number of alkyl halides is 1. The minimum Gasteiger partial charge on any atom is -0.468 e. The number of aromatic nitrogens is 2. The quantitative estimate of drug-likeness (QED) is 0.631. The van der Waals surface area contributed by atoms with Crippen LogP contribution in [0.2, 0.25) is 0 Å². The average Bonchev–Trinajstić information content (AvgIpc) is 2.68. The molecule has 0 aromatic carbocycles. The Bertz CT molecular complexity index is 692. The summed E-state index contributed by atoms with van der Waals surface area (Å²) in [7, 11) is 1.31. The highest BCUT2D eigenvalue weighted by molar-refractivity contribution is 9.10. The molecule has 102 valence electrons. The van der Waals surface area contributed by atoms with Gasteiger partial charge in [-0.15, -0.1) is 11.3 Å². The maximum atomic E-state index is 12.4. The standard InChI is InChI=1S/C12H13BrN2O3S/c1-6-7(2)19-10-9(6)11(16)15(5-14-10)4-8(13)12(17)18-3/h5,8H,4H2,1-3H3. The molecule has 19 heavy (non-hydrogen) atoms. The summed E-state index contributed by atoms with van der Waals surface area (Å²) < 4.78 is 6.05. The highest BCUT2D eigenvalue weighted by atomic mass is 79.9. The number of thiophene rings is 1. The third kappa shape index (κ3) is 2.57. The maximum Gasteiger partial charge on any atom is 0.321 e. The molecule has 0 saturated carbocycles. The third-order valence-corrected chi connectivity index (χ3v) is 4.75. The first-order chi connectivity index (χ1) is 8.95. The van der Waals surface area contributed by atoms with Crippen LogP contribution >= 0.6 is 27.3 Å². The molecule has 0 aliphatic rings. The van der Waals surface area contributed by atoms with Crippen LogP contribution in [0.4, 0.5) is 0 Å². The van der Waals surface area contributed by atoms with E-state index >= 15 is 0 Å². The molecule has 0 bridgehead atoms. The Morgan fingerprint density at radius 1 is 1.58 bits per heavy atom. The van der Waals surface area contributed by atoms with Crippen LogP contribution in [-0.4, -0.2) is 27.5 Å². The third-order valence-electron chi connectivity index (χ3n) is 2.97. The van der Waals surface area contributed by atoms with E-state index in [-0.39, 0.29) is 12.1 Å². The average molecular weight is 345 g/mol. The maximum absolute atomic E-state index is 12.4. The molecule has 5 nitrogen and oxygen atoms in total. The fourth-order valence-electron chi connectivity index (χ4n) is 1.78. The molecule has 0 aliphatic carbocycles. The highest BCUT2D eigenvalue weighted by Gasteiger charge is 2.18. The minimum atomic E-state index is -0.561. The Morgan fingerprint density at radius 2 is 2.26 bits per heavy atom. The first-order valence-electron chi connectivity index (χ1n) is 5.62. The minimum absolute atomic E-state index is 0.125. The molecule has 0 amide bonds. The summed E-state index contributed by atoms with van der Waals surface area (Å²) in [5, 5.41) is 0.634. The van der Waals surface area contributed by atoms with E-state index in [1.165, 1.54) is 29.3 Å². The predicted molar refractivity (Wildman–Crippen MR) is 78.1 cm³/mol. The number of halogens is 1. The van der Waals surface area contributed by atoms with E-state index in [0.717, 1.165) is 15.3 Å². The molecule has 0 spiro atoms. The molecule has 2 aromatic rings. The largest absolute Gasteiger partial charge is 0.468 e. The predicted octanol–water partition coefficient (Wildman–Crippen LogP) is 2.01. The first kappa shape index (κ1) is 14.2. The van der Waals surface area contributed by atoms with Crippen LogP contribution in [0, 0.1) is 13.8 Å². The molecular formula is C12H13BrN2O3S. The van der Waals surface area contributed by atoms with Crippen molar-refractivity contribution >= 4 is 43.5 Å². The number of carbonyl (C=O) groups excluding carboxylic acids is 1. The van der Waals surface area contributed by atoms with Gasteiger partial charge >= 0.3 is 5.97 Å². The van der Waals surface area contributed by atoms with Crippen molar-refractivity contribution in [1.29, 1.82) is 0 Å². The van der Waals surface area contributed by atoms with Crippen LogP contribution in [0.1, 0.15) is 10.4 Å². The number of ether oxygens (including phenoxy) is 1. The second-order valence-electron chi connectivity index (χ2n) is 4.16. The van der Waals surface area contributed by atoms with E-state index in [4.69, 9.17) is 0 Å². The van der Waals surface area contributed by atoms with Crippen LogP contribution in [-0.2, 0) is 16.1 Å². The smallest absolute Gasteiger partial charge is 0.321 e. The van der Waals surface area contributed by atoms with Gasteiger partial charge in [0.2, 0.25) is 0 Å². The zero-order valence-corrected chi connectivity index (χ0v) is 13.2. The van der Waals surface area contributed by atoms with Crippen molar-refractivity contribution in [2.75, 3.05) is 7.11 Å². The fourth-order valence-corrected chi connectivity index (χ4v) is 3.26. The van der Waals surface area contributed by atoms with Gasteiger partial charge in [0.05, 0.1) is 25.4 Å². The number of esters is 1. The lowest BCUT2D eigenvalue weighted by Gasteiger charge is -2.09. The Kier molecular flexibility index (Phi) is 4.05. The van der Waals surface area contributed by atoms with Crippen molar-refractivity contribution < 1.29 is 9.53 Å². The summed E-state index contributed by atoms with van der Waals surface area (Å²) in [6, 6.07) is 0. The van der Waals surface area contributed by atoms with Gasteiger partial charge in [-0.05, 0) is 19.4 Å². The van der Waals surface area contributed by atoms with E-state index in [2.05, 4.69) is 25.7 Å². The Balaban J connectivity index is 2.46. The first-order valence-corrected chi connectivity index (χ1v) is 7.36. The number of methoxy groups -OCH3 is 1. The van der Waals surface area contributed by atoms with Gasteiger partial charge in [-0.2, -0.15) is 0 Å². The zero-order chi connectivity index (χ0) is 14.2. The number of aryl methyl sites for hydroxylation is 2. The SMILES string of the molecule is COC(=O)C(Br)Cn1cnc2sc(C)c(C)c2c1=O. The Morgan fingerprint density at radius 3 is 2.89 bits per heavy atom. The summed E-state index contributed by atoms with van der Waals surface area (Å²) >= 11 is 4.71. The summed E-state index contributed by atoms with van der Waals surface area (Å²) in [4.78, 5) is 29.3. The fraction of sp³-hybridized carbons (Fsp3) is 0.417. The van der Waals surface area contributed by atoms with Gasteiger partial charge in [-0.25, -0.2) is 4.98 Å². The Hall–Kier alpha value is -1.21. The van der Waals surface area contributed by atoms with Gasteiger partial charge in [0.1, 0.15) is 9.66 Å². The van der Waals surface area contributed by atoms with Gasteiger partial charge in [-0.1, -0.05) is 15.9 Å². The molecule has 1 atom stereocenters. The summed E-state index contributed by atoms with van der Waals surface area (Å²) in [6.45, 7) is 4.07. The van der Waals surface area contributed by atoms with Crippen molar-refractivity contribution in [3.05, 3.63) is 27.1 Å². The second-order valence-corrected chi connectivity index (χ2v) is 6.46. The van der Waals surface area contributed by atoms with E-state index in [1.54, 1.807) is 0 Å². The lowest BCUT2D eigenvalue weighted by molar-refractivity contribution is -0.140. The van der Waals surface area contributed by atoms with Gasteiger partial charge < -0.3 is 4.74 Å². The molecule has 0 N–H and O–H groups in total. The van der Waals surface area contributed by atoms with E-state index in [9.17, 15) is 9.59 Å². The van der Waals surface area contributed by atoms with E-state index in [0.29, 0.717) is 5.39 Å². The van der Waals surface area contributed by atoms with Crippen molar-refractivity contribution in [3.63, 3.8) is 0 Å². The van der Waals surface area contributed by atoms with Crippen LogP contribution < -0.4 is 5.56 Å². The lowest BCUT2D eigenvalue weighted by atomic mass is 10.2. The number of fused-ring (bicyclic) bond motifs is 1. The summed E-state index contributed by atoms with van der Waals surface area (Å²) in [6.07, 6.45) is 1.47. The Labute approximate surface area is 122 Å². The molecule has 0 saturated heterocycles. The number of hydrogen-bond acceptors (Lipinski definition) is 5. The highest BCUT2D eigenvalue weighted by Crippen LogP contribution is 2.25. The van der Waals surface area contributed by atoms with Gasteiger partial charge in [0.15, 0.2) is 0 Å². The van der Waals surface area contributed by atoms with Gasteiger partial charge in [0.25, 0.3) is 5.56 Å². The van der Waals surface area contributed by atoms with Crippen LogP contribution in [0.15, 0.2) is 11.1 Å². The number of rotatable bonds is 3. The van der Waals surface area contributed by atoms with Crippen LogP contribution in [0.25, 0.3) is 10.2 Å². The molecule has 2 heterocycles. The van der Waals surface area contributed by atoms with Crippen molar-refractivity contribution in [3.8, 4) is 0 Å². The number of carbonyl (C=O) groups is 1. The van der Waals surface area contributed by atoms with Gasteiger partial charge in [-0.3, -0.25) is 14.2 Å². The molecule has 2 aromatic heterocycles. The normalized spacial score (nSPS) is 12.6. The number of nitrogens with zero attached hydrogens (tertiary/aromatic N) is 2. The zero-order valence-electron chi connectivity index (χ0n) is 10.8. The lowest BCUT2D eigenvalue weighted by Crippen LogP contribution is -2.29. The molecule has 1 unspecified atom stereocenters. The number of hydrogen-bond donors (Lipinski definition) is 0. The second kappa shape index (κ2) is 5.42. The molecule has 0 aliphatic heterocycles.